The van der Waals surface area contributed by atoms with E-state index in [0.717, 1.165) is 5.56 Å². The topological polar surface area (TPSA) is 148 Å². The van der Waals surface area contributed by atoms with Crippen molar-refractivity contribution < 1.29 is 32.7 Å². The first kappa shape index (κ1) is 35.0. The zero-order valence-electron chi connectivity index (χ0n) is 26.7. The maximum atomic E-state index is 13.8. The van der Waals surface area contributed by atoms with Crippen molar-refractivity contribution in [2.24, 2.45) is 5.92 Å². The molecule has 2 heterocycles. The van der Waals surface area contributed by atoms with E-state index in [1.807, 2.05) is 44.2 Å². The Balaban J connectivity index is 1.58. The molecule has 3 N–H and O–H groups in total. The van der Waals surface area contributed by atoms with Gasteiger partial charge < -0.3 is 25.6 Å². The van der Waals surface area contributed by atoms with E-state index in [0.29, 0.717) is 24.5 Å². The molecule has 4 amide bonds. The summed E-state index contributed by atoms with van der Waals surface area (Å²) >= 11 is 0. The first-order valence-electron chi connectivity index (χ1n) is 15.7. The van der Waals surface area contributed by atoms with Crippen LogP contribution in [0.15, 0.2) is 54.6 Å². The largest absolute Gasteiger partial charge is 0.435 e. The number of amides is 4. The van der Waals surface area contributed by atoms with Crippen LogP contribution in [0.2, 0.25) is 0 Å². The molecular formula is C33H41F2N7O5. The van der Waals surface area contributed by atoms with Gasteiger partial charge in [-0.3, -0.25) is 19.2 Å². The van der Waals surface area contributed by atoms with Crippen LogP contribution in [0, 0.1) is 12.8 Å². The Hall–Kier alpha value is -4.88. The van der Waals surface area contributed by atoms with E-state index in [1.165, 1.54) is 28.9 Å². The van der Waals surface area contributed by atoms with Gasteiger partial charge in [0, 0.05) is 38.0 Å². The lowest BCUT2D eigenvalue weighted by atomic mass is 10.0. The molecule has 0 aliphatic carbocycles. The van der Waals surface area contributed by atoms with Crippen molar-refractivity contribution in [3.05, 3.63) is 77.4 Å². The molecule has 3 aromatic rings. The van der Waals surface area contributed by atoms with Gasteiger partial charge in [0.15, 0.2) is 5.82 Å². The average Bonchev–Trinajstić information content (AvgIpc) is 3.39. The number of benzene rings is 2. The number of ether oxygens (including phenoxy) is 1. The number of aryl methyl sites for hydroxylation is 1. The minimum Gasteiger partial charge on any atom is -0.435 e. The number of rotatable bonds is 6. The van der Waals surface area contributed by atoms with Gasteiger partial charge in [-0.15, -0.1) is 0 Å². The molecule has 1 aliphatic rings. The molecule has 0 unspecified atom stereocenters. The van der Waals surface area contributed by atoms with Crippen molar-refractivity contribution in [3.8, 4) is 5.75 Å². The summed E-state index contributed by atoms with van der Waals surface area (Å²) in [5, 5.41) is 13.2. The fourth-order valence-electron chi connectivity index (χ4n) is 5.32. The third-order valence-corrected chi connectivity index (χ3v) is 7.65. The molecule has 2 atom stereocenters. The van der Waals surface area contributed by atoms with Gasteiger partial charge in [-0.1, -0.05) is 44.2 Å². The fraction of sp³-hybridized carbons (Fsp3) is 0.455. The van der Waals surface area contributed by atoms with Crippen molar-refractivity contribution in [3.63, 3.8) is 0 Å². The molecule has 4 rings (SSSR count). The molecule has 0 bridgehead atoms. The fourth-order valence-corrected chi connectivity index (χ4v) is 5.32. The highest BCUT2D eigenvalue weighted by molar-refractivity contribution is 5.94. The van der Waals surface area contributed by atoms with Crippen LogP contribution in [-0.4, -0.2) is 75.6 Å². The van der Waals surface area contributed by atoms with Crippen LogP contribution in [0.25, 0.3) is 0 Å². The number of alkyl halides is 2. The summed E-state index contributed by atoms with van der Waals surface area (Å²) in [6.07, 6.45) is 1.01. The molecule has 1 aliphatic heterocycles. The molecule has 0 radical (unpaired) electrons. The Kier molecular flexibility index (Phi) is 12.4. The smallest absolute Gasteiger partial charge is 0.387 e. The monoisotopic (exact) mass is 653 g/mol. The average molecular weight is 654 g/mol. The Morgan fingerprint density at radius 1 is 0.979 bits per heavy atom. The zero-order chi connectivity index (χ0) is 33.9. The molecule has 0 saturated heterocycles. The summed E-state index contributed by atoms with van der Waals surface area (Å²) in [6, 6.07) is 13.2. The lowest BCUT2D eigenvalue weighted by Gasteiger charge is -2.26. The van der Waals surface area contributed by atoms with Crippen LogP contribution >= 0.6 is 0 Å². The maximum Gasteiger partial charge on any atom is 0.387 e. The van der Waals surface area contributed by atoms with Crippen molar-refractivity contribution in [2.75, 3.05) is 19.6 Å². The van der Waals surface area contributed by atoms with Crippen LogP contribution in [-0.2, 0) is 27.3 Å². The third-order valence-electron chi connectivity index (χ3n) is 7.65. The van der Waals surface area contributed by atoms with Crippen LogP contribution in [0.5, 0.6) is 5.75 Å². The number of nitrogens with zero attached hydrogens (tertiary/aromatic N) is 4. The molecule has 14 heteroatoms. The molecule has 12 nitrogen and oxygen atoms in total. The number of halogens is 2. The predicted octanol–water partition coefficient (Wildman–Crippen LogP) is 3.17. The van der Waals surface area contributed by atoms with Gasteiger partial charge in [0.1, 0.15) is 24.2 Å². The molecule has 0 saturated carbocycles. The van der Waals surface area contributed by atoms with E-state index in [2.05, 4.69) is 30.8 Å². The maximum absolute atomic E-state index is 13.8. The van der Waals surface area contributed by atoms with Crippen molar-refractivity contribution in [1.82, 2.24) is 35.6 Å². The van der Waals surface area contributed by atoms with Gasteiger partial charge in [0.2, 0.25) is 17.7 Å². The standard InChI is InChI=1S/C33H41F2N7O5/c1-21(2)29-30-37-22(3)40-42(30)20-28(44)36-16-8-18-41(32(46)24-12-14-25(15-13-24)47-33(34)35)17-7-11-27(43)38-26(31(45)39-29)19-23-9-5-4-6-10-23/h4-6,9-10,12-15,21,26,29,33H,7-8,11,16-20H2,1-3H3,(H,36,44)(H,38,43)(H,39,45)/t26-,29+/m1/s1. The highest BCUT2D eigenvalue weighted by atomic mass is 19.3. The third kappa shape index (κ3) is 10.3. The highest BCUT2D eigenvalue weighted by Gasteiger charge is 2.30. The first-order valence-corrected chi connectivity index (χ1v) is 15.7. The molecule has 2 aromatic carbocycles. The Morgan fingerprint density at radius 3 is 2.36 bits per heavy atom. The van der Waals surface area contributed by atoms with Crippen LogP contribution in [0.4, 0.5) is 8.78 Å². The normalized spacial score (nSPS) is 18.9. The number of carbonyl (C=O) groups excluding carboxylic acids is 4. The van der Waals surface area contributed by atoms with Crippen LogP contribution in [0.3, 0.4) is 0 Å². The summed E-state index contributed by atoms with van der Waals surface area (Å²) in [5.41, 5.74) is 1.12. The Morgan fingerprint density at radius 2 is 1.68 bits per heavy atom. The molecule has 47 heavy (non-hydrogen) atoms. The predicted molar refractivity (Wildman–Crippen MR) is 168 cm³/mol. The minimum absolute atomic E-state index is 0.0430. The van der Waals surface area contributed by atoms with E-state index in [4.69, 9.17) is 0 Å². The molecule has 252 valence electrons. The second kappa shape index (κ2) is 16.6. The van der Waals surface area contributed by atoms with Crippen molar-refractivity contribution >= 4 is 23.6 Å². The van der Waals surface area contributed by atoms with Crippen molar-refractivity contribution in [1.29, 1.82) is 0 Å². The first-order chi connectivity index (χ1) is 22.5. The van der Waals surface area contributed by atoms with Gasteiger partial charge in [0.25, 0.3) is 5.91 Å². The van der Waals surface area contributed by atoms with Gasteiger partial charge in [-0.05, 0) is 55.5 Å². The lowest BCUT2D eigenvalue weighted by Crippen LogP contribution is -2.50. The number of nitrogens with one attached hydrogen (secondary N) is 3. The molecular weight excluding hydrogens is 612 g/mol. The minimum atomic E-state index is -2.99. The molecule has 0 spiro atoms. The highest BCUT2D eigenvalue weighted by Crippen LogP contribution is 2.21. The molecule has 1 aromatic heterocycles. The van der Waals surface area contributed by atoms with Gasteiger partial charge in [-0.2, -0.15) is 13.9 Å². The van der Waals surface area contributed by atoms with E-state index in [-0.39, 0.29) is 74.0 Å². The summed E-state index contributed by atoms with van der Waals surface area (Å²) < 4.78 is 31.0. The van der Waals surface area contributed by atoms with E-state index >= 15 is 0 Å². The lowest BCUT2D eigenvalue weighted by molar-refractivity contribution is -0.129. The van der Waals surface area contributed by atoms with Gasteiger partial charge >= 0.3 is 6.61 Å². The second-order valence-corrected chi connectivity index (χ2v) is 11.7. The Bertz CT molecular complexity index is 1520. The summed E-state index contributed by atoms with van der Waals surface area (Å²) in [6.45, 7) is 3.17. The Labute approximate surface area is 272 Å². The SMILES string of the molecule is Cc1nc2n(n1)CC(=O)NCCCN(C(=O)c1ccc(OC(F)F)cc1)CCCC(=O)N[C@H](Cc1ccccc1)C(=O)N[C@H]2C(C)C. The number of carbonyl (C=O) groups is 4. The van der Waals surface area contributed by atoms with Crippen LogP contribution in [0.1, 0.15) is 66.7 Å². The number of fused-ring (bicyclic) bond motifs is 1. The summed E-state index contributed by atoms with van der Waals surface area (Å²) in [7, 11) is 0. The van der Waals surface area contributed by atoms with Crippen LogP contribution < -0.4 is 20.7 Å². The molecule has 0 fully saturated rings. The second-order valence-electron chi connectivity index (χ2n) is 11.7. The van der Waals surface area contributed by atoms with E-state index in [9.17, 15) is 28.0 Å². The van der Waals surface area contributed by atoms with E-state index in [1.54, 1.807) is 11.8 Å². The summed E-state index contributed by atoms with van der Waals surface area (Å²) in [5.74, 6) is -0.754. The van der Waals surface area contributed by atoms with Crippen molar-refractivity contribution in [2.45, 2.75) is 71.7 Å². The summed E-state index contributed by atoms with van der Waals surface area (Å²) in [4.78, 5) is 59.4. The number of hydrogen-bond acceptors (Lipinski definition) is 7. The number of aromatic nitrogens is 3. The van der Waals surface area contributed by atoms with E-state index < -0.39 is 24.6 Å². The zero-order valence-corrected chi connectivity index (χ0v) is 26.7. The quantitative estimate of drug-likeness (QED) is 0.370. The number of hydrogen-bond donors (Lipinski definition) is 3. The van der Waals surface area contributed by atoms with Gasteiger partial charge in [0.05, 0.1) is 6.04 Å². The van der Waals surface area contributed by atoms with Gasteiger partial charge in [-0.25, -0.2) is 9.67 Å².